The maximum absolute atomic E-state index is 4.42. The number of nitrogens with zero attached hydrogens (tertiary/aromatic N) is 3. The Labute approximate surface area is 89.3 Å². The van der Waals surface area contributed by atoms with Crippen LogP contribution in [0.25, 0.3) is 6.08 Å². The molecule has 15 heavy (non-hydrogen) atoms. The lowest BCUT2D eigenvalue weighted by atomic mass is 9.93. The van der Waals surface area contributed by atoms with E-state index in [-0.39, 0.29) is 5.41 Å². The summed E-state index contributed by atoms with van der Waals surface area (Å²) in [5, 5.41) is 1.86. The fourth-order valence-electron chi connectivity index (χ4n) is 1.64. The maximum Gasteiger partial charge on any atom is 0.116 e. The van der Waals surface area contributed by atoms with Gasteiger partial charge in [0.15, 0.2) is 0 Å². The third-order valence-corrected chi connectivity index (χ3v) is 2.48. The summed E-state index contributed by atoms with van der Waals surface area (Å²) in [6.07, 6.45) is 8.57. The molecule has 1 aliphatic rings. The van der Waals surface area contributed by atoms with Crippen molar-refractivity contribution in [3.63, 3.8) is 0 Å². The zero-order valence-corrected chi connectivity index (χ0v) is 9.36. The molecule has 0 unspecified atom stereocenters. The molecule has 0 N–H and O–H groups in total. The van der Waals surface area contributed by atoms with E-state index in [2.05, 4.69) is 47.9 Å². The van der Waals surface area contributed by atoms with Crippen molar-refractivity contribution < 1.29 is 0 Å². The van der Waals surface area contributed by atoms with Crippen molar-refractivity contribution in [2.24, 2.45) is 10.4 Å². The van der Waals surface area contributed by atoms with Crippen LogP contribution in [-0.4, -0.2) is 9.97 Å². The molecule has 0 saturated heterocycles. The van der Waals surface area contributed by atoms with Gasteiger partial charge in [0, 0.05) is 11.6 Å². The number of hydrogen-bond acceptors (Lipinski definition) is 3. The van der Waals surface area contributed by atoms with E-state index in [9.17, 15) is 0 Å². The first kappa shape index (κ1) is 10.0. The molecule has 0 aliphatic carbocycles. The molecule has 0 saturated carbocycles. The van der Waals surface area contributed by atoms with Gasteiger partial charge in [0.05, 0.1) is 11.0 Å². The number of fused-ring (bicyclic) bond motifs is 1. The van der Waals surface area contributed by atoms with E-state index in [0.717, 1.165) is 22.8 Å². The molecule has 0 atom stereocenters. The van der Waals surface area contributed by atoms with Gasteiger partial charge in [-0.05, 0) is 12.5 Å². The summed E-state index contributed by atoms with van der Waals surface area (Å²) >= 11 is 0. The van der Waals surface area contributed by atoms with Crippen LogP contribution in [0.2, 0.25) is 0 Å². The number of hydrogen-bond donors (Lipinski definition) is 0. The molecule has 1 aliphatic heterocycles. The van der Waals surface area contributed by atoms with Gasteiger partial charge in [-0.3, -0.25) is 4.99 Å². The number of allylic oxidation sites excluding steroid dienone is 1. The van der Waals surface area contributed by atoms with Gasteiger partial charge in [0.1, 0.15) is 11.7 Å². The molecule has 0 fully saturated rings. The second-order valence-electron chi connectivity index (χ2n) is 4.32. The predicted octanol–water partition coefficient (Wildman–Crippen LogP) is 0.993. The van der Waals surface area contributed by atoms with E-state index in [1.165, 1.54) is 0 Å². The molecule has 1 aromatic rings. The van der Waals surface area contributed by atoms with Crippen LogP contribution in [0.15, 0.2) is 23.6 Å². The molecule has 2 heterocycles. The smallest absolute Gasteiger partial charge is 0.116 e. The van der Waals surface area contributed by atoms with Gasteiger partial charge in [0.2, 0.25) is 0 Å². The van der Waals surface area contributed by atoms with Crippen molar-refractivity contribution in [2.45, 2.75) is 27.2 Å². The van der Waals surface area contributed by atoms with Crippen LogP contribution in [0.1, 0.15) is 26.5 Å². The fraction of sp³-hybridized carbons (Fsp3) is 0.417. The maximum atomic E-state index is 4.42. The van der Waals surface area contributed by atoms with Crippen molar-refractivity contribution in [2.75, 3.05) is 0 Å². The molecule has 2 rings (SSSR count). The standard InChI is InChI=1S/C12H15N3/c1-4-9-11-10(15-8-14-9)7-12(2,3)5-6-13-11/h5-8H,4H2,1-3H3. The fourth-order valence-corrected chi connectivity index (χ4v) is 1.64. The predicted molar refractivity (Wildman–Crippen MR) is 59.6 cm³/mol. The third kappa shape index (κ3) is 1.96. The summed E-state index contributed by atoms with van der Waals surface area (Å²) in [5.41, 5.74) is 1.02. The van der Waals surface area contributed by atoms with E-state index in [1.54, 1.807) is 6.33 Å². The topological polar surface area (TPSA) is 38.1 Å². The van der Waals surface area contributed by atoms with Gasteiger partial charge >= 0.3 is 0 Å². The Morgan fingerprint density at radius 3 is 2.80 bits per heavy atom. The number of aromatic nitrogens is 2. The summed E-state index contributed by atoms with van der Waals surface area (Å²) in [5.74, 6) is 0. The minimum Gasteiger partial charge on any atom is -0.253 e. The van der Waals surface area contributed by atoms with E-state index >= 15 is 0 Å². The van der Waals surface area contributed by atoms with Crippen LogP contribution in [0, 0.1) is 5.41 Å². The first-order valence-corrected chi connectivity index (χ1v) is 5.21. The lowest BCUT2D eigenvalue weighted by molar-refractivity contribution is 0.667. The van der Waals surface area contributed by atoms with Crippen LogP contribution in [0.4, 0.5) is 0 Å². The Kier molecular flexibility index (Phi) is 2.39. The highest BCUT2D eigenvalue weighted by Crippen LogP contribution is 2.18. The average Bonchev–Trinajstić information content (AvgIpc) is 2.33. The summed E-state index contributed by atoms with van der Waals surface area (Å²) in [6, 6.07) is 0. The molecule has 0 bridgehead atoms. The Bertz CT molecular complexity index is 512. The minimum absolute atomic E-state index is 0.00805. The summed E-state index contributed by atoms with van der Waals surface area (Å²) in [6.45, 7) is 6.36. The van der Waals surface area contributed by atoms with Crippen molar-refractivity contribution >= 4 is 6.08 Å². The molecule has 1 aromatic heterocycles. The van der Waals surface area contributed by atoms with E-state index in [4.69, 9.17) is 0 Å². The van der Waals surface area contributed by atoms with Crippen LogP contribution in [0.5, 0.6) is 0 Å². The average molecular weight is 201 g/mol. The van der Waals surface area contributed by atoms with Gasteiger partial charge < -0.3 is 0 Å². The van der Waals surface area contributed by atoms with Crippen molar-refractivity contribution in [3.8, 4) is 0 Å². The quantitative estimate of drug-likeness (QED) is 0.679. The Balaban J connectivity index is 2.78. The van der Waals surface area contributed by atoms with Crippen LogP contribution in [-0.2, 0) is 6.42 Å². The Hall–Kier alpha value is -1.51. The molecule has 0 amide bonds. The van der Waals surface area contributed by atoms with Crippen LogP contribution < -0.4 is 10.7 Å². The van der Waals surface area contributed by atoms with Gasteiger partial charge in [0.25, 0.3) is 0 Å². The lowest BCUT2D eigenvalue weighted by Crippen LogP contribution is -2.33. The highest BCUT2D eigenvalue weighted by Gasteiger charge is 2.12. The lowest BCUT2D eigenvalue weighted by Gasteiger charge is -2.11. The third-order valence-electron chi connectivity index (χ3n) is 2.48. The number of rotatable bonds is 1. The largest absolute Gasteiger partial charge is 0.253 e. The zero-order chi connectivity index (χ0) is 10.9. The second-order valence-corrected chi connectivity index (χ2v) is 4.32. The zero-order valence-electron chi connectivity index (χ0n) is 9.36. The summed E-state index contributed by atoms with van der Waals surface area (Å²) < 4.78 is 0. The highest BCUT2D eigenvalue weighted by molar-refractivity contribution is 5.34. The molecule has 3 heteroatoms. The van der Waals surface area contributed by atoms with Gasteiger partial charge in [-0.25, -0.2) is 9.97 Å². The van der Waals surface area contributed by atoms with Crippen molar-refractivity contribution in [3.05, 3.63) is 35.0 Å². The molecule has 0 aromatic carbocycles. The summed E-state index contributed by atoms with van der Waals surface area (Å²) in [4.78, 5) is 12.9. The van der Waals surface area contributed by atoms with Crippen LogP contribution >= 0.6 is 0 Å². The Morgan fingerprint density at radius 2 is 2.07 bits per heavy atom. The van der Waals surface area contributed by atoms with E-state index in [1.807, 2.05) is 6.20 Å². The Morgan fingerprint density at radius 1 is 1.27 bits per heavy atom. The van der Waals surface area contributed by atoms with Gasteiger partial charge in [-0.1, -0.05) is 26.8 Å². The molecule has 78 valence electrons. The highest BCUT2D eigenvalue weighted by atomic mass is 14.9. The minimum atomic E-state index is 0.00805. The SMILES string of the molecule is CCc1ncnc2c1=NC=CC(C)(C)C=2. The molecule has 0 radical (unpaired) electrons. The molecular formula is C12H15N3. The van der Waals surface area contributed by atoms with Gasteiger partial charge in [-0.2, -0.15) is 0 Å². The molecule has 0 spiro atoms. The molecule has 3 nitrogen and oxygen atoms in total. The van der Waals surface area contributed by atoms with Crippen LogP contribution in [0.3, 0.4) is 0 Å². The normalized spacial score (nSPS) is 17.3. The number of aryl methyl sites for hydroxylation is 1. The monoisotopic (exact) mass is 201 g/mol. The first-order valence-electron chi connectivity index (χ1n) is 5.21. The first-order chi connectivity index (χ1) is 7.12. The van der Waals surface area contributed by atoms with E-state index in [0.29, 0.717) is 0 Å². The molecular weight excluding hydrogens is 186 g/mol. The van der Waals surface area contributed by atoms with Crippen molar-refractivity contribution in [1.82, 2.24) is 9.97 Å². The van der Waals surface area contributed by atoms with Gasteiger partial charge in [-0.15, -0.1) is 0 Å². The van der Waals surface area contributed by atoms with Crippen molar-refractivity contribution in [1.29, 1.82) is 0 Å². The summed E-state index contributed by atoms with van der Waals surface area (Å²) in [7, 11) is 0. The second kappa shape index (κ2) is 3.57. The van der Waals surface area contributed by atoms with E-state index < -0.39 is 0 Å².